The monoisotopic (exact) mass is 398 g/mol. The predicted molar refractivity (Wildman–Crippen MR) is 103 cm³/mol. The van der Waals surface area contributed by atoms with Gasteiger partial charge >= 0.3 is 5.97 Å². The molecule has 2 heterocycles. The van der Waals surface area contributed by atoms with Gasteiger partial charge in [-0.25, -0.2) is 9.78 Å². The summed E-state index contributed by atoms with van der Waals surface area (Å²) < 4.78 is 27.5. The highest BCUT2D eigenvalue weighted by Crippen LogP contribution is 2.29. The van der Waals surface area contributed by atoms with Crippen molar-refractivity contribution in [1.29, 1.82) is 0 Å². The van der Waals surface area contributed by atoms with E-state index in [-0.39, 0.29) is 15.6 Å². The van der Waals surface area contributed by atoms with Gasteiger partial charge < -0.3 is 5.11 Å². The highest BCUT2D eigenvalue weighted by molar-refractivity contribution is 7.92. The summed E-state index contributed by atoms with van der Waals surface area (Å²) in [5.41, 5.74) is 1.20. The van der Waals surface area contributed by atoms with Crippen LogP contribution in [0.3, 0.4) is 0 Å². The van der Waals surface area contributed by atoms with Crippen LogP contribution in [0.15, 0.2) is 59.8 Å². The lowest BCUT2D eigenvalue weighted by Crippen LogP contribution is -2.16. The molecule has 0 aliphatic rings. The van der Waals surface area contributed by atoms with Crippen LogP contribution in [0.4, 0.5) is 5.69 Å². The fraction of sp³-hybridized carbons (Fsp3) is 0.0526. The largest absolute Gasteiger partial charge is 0.477 e. The highest BCUT2D eigenvalue weighted by atomic mass is 32.2. The molecule has 1 aromatic carbocycles. The summed E-state index contributed by atoms with van der Waals surface area (Å²) in [6.45, 7) is 1.62. The molecule has 0 atom stereocenters. The van der Waals surface area contributed by atoms with E-state index < -0.39 is 16.0 Å². The van der Waals surface area contributed by atoms with Gasteiger partial charge in [0.1, 0.15) is 4.88 Å². The maximum atomic E-state index is 12.6. The van der Waals surface area contributed by atoms with Gasteiger partial charge in [0.25, 0.3) is 10.0 Å². The number of nitrogens with zero attached hydrogens (tertiary/aromatic N) is 1. The van der Waals surface area contributed by atoms with Gasteiger partial charge in [0, 0.05) is 11.8 Å². The molecule has 2 N–H and O–H groups in total. The summed E-state index contributed by atoms with van der Waals surface area (Å²) in [4.78, 5) is 15.7. The number of anilines is 1. The molecule has 0 spiro atoms. The Morgan fingerprint density at radius 1 is 1.15 bits per heavy atom. The van der Waals surface area contributed by atoms with Gasteiger partial charge in [0.2, 0.25) is 0 Å². The Morgan fingerprint density at radius 3 is 2.56 bits per heavy atom. The molecule has 0 aliphatic carbocycles. The summed E-state index contributed by atoms with van der Waals surface area (Å²) in [5.74, 6) is 4.56. The maximum Gasteiger partial charge on any atom is 0.348 e. The van der Waals surface area contributed by atoms with E-state index in [0.717, 1.165) is 16.9 Å². The maximum absolute atomic E-state index is 12.6. The molecular formula is C19H14N2O4S2. The number of pyridine rings is 1. The second kappa shape index (κ2) is 7.61. The third-order valence-electron chi connectivity index (χ3n) is 3.49. The minimum absolute atomic E-state index is 0.0325. The van der Waals surface area contributed by atoms with Gasteiger partial charge in [-0.3, -0.25) is 4.72 Å². The molecule has 27 heavy (non-hydrogen) atoms. The van der Waals surface area contributed by atoms with Gasteiger partial charge in [0.05, 0.1) is 10.6 Å². The SMILES string of the molecule is Cc1cccnc1S(=O)(=O)Nc1cc(C#Cc2ccccc2)sc1C(=O)O. The Bertz CT molecular complexity index is 1160. The van der Waals surface area contributed by atoms with Gasteiger partial charge in [-0.05, 0) is 36.8 Å². The van der Waals surface area contributed by atoms with E-state index in [2.05, 4.69) is 21.5 Å². The molecule has 0 radical (unpaired) electrons. The van der Waals surface area contributed by atoms with Gasteiger partial charge in [0.15, 0.2) is 5.03 Å². The van der Waals surface area contributed by atoms with E-state index in [1.54, 1.807) is 19.1 Å². The number of rotatable bonds is 4. The average Bonchev–Trinajstić information content (AvgIpc) is 3.03. The Kier molecular flexibility index (Phi) is 5.26. The van der Waals surface area contributed by atoms with Gasteiger partial charge in [-0.15, -0.1) is 11.3 Å². The highest BCUT2D eigenvalue weighted by Gasteiger charge is 2.23. The lowest BCUT2D eigenvalue weighted by atomic mass is 10.2. The number of aromatic nitrogens is 1. The molecule has 136 valence electrons. The van der Waals surface area contributed by atoms with Crippen LogP contribution in [0.25, 0.3) is 0 Å². The average molecular weight is 398 g/mol. The topological polar surface area (TPSA) is 96.4 Å². The standard InChI is InChI=1S/C19H14N2O4S2/c1-13-6-5-11-20-18(13)27(24,25)21-16-12-15(26-17(16)19(22)23)10-9-14-7-3-2-4-8-14/h2-8,11-12,21H,1H3,(H,22,23). The quantitative estimate of drug-likeness (QED) is 0.657. The lowest BCUT2D eigenvalue weighted by Gasteiger charge is -2.08. The molecular weight excluding hydrogens is 384 g/mol. The predicted octanol–water partition coefficient (Wildman–Crippen LogP) is 3.35. The number of benzene rings is 1. The van der Waals surface area contributed by atoms with Crippen LogP contribution in [0.2, 0.25) is 0 Å². The normalized spacial score (nSPS) is 10.7. The summed E-state index contributed by atoms with van der Waals surface area (Å²) in [5, 5.41) is 9.25. The molecule has 0 aliphatic heterocycles. The Labute approximate surface area is 160 Å². The van der Waals surface area contributed by atoms with Gasteiger partial charge in [-0.2, -0.15) is 8.42 Å². The molecule has 0 unspecified atom stereocenters. The van der Waals surface area contributed by atoms with Crippen molar-refractivity contribution < 1.29 is 18.3 Å². The van der Waals surface area contributed by atoms with Crippen molar-refractivity contribution in [1.82, 2.24) is 4.98 Å². The smallest absolute Gasteiger partial charge is 0.348 e. The molecule has 0 amide bonds. The van der Waals surface area contributed by atoms with Crippen LogP contribution in [0.5, 0.6) is 0 Å². The Hall–Kier alpha value is -3.15. The van der Waals surface area contributed by atoms with Crippen LogP contribution in [-0.2, 0) is 10.0 Å². The number of aryl methyl sites for hydroxylation is 1. The zero-order valence-electron chi connectivity index (χ0n) is 14.1. The summed E-state index contributed by atoms with van der Waals surface area (Å²) in [6.07, 6.45) is 1.37. The molecule has 6 nitrogen and oxygen atoms in total. The zero-order chi connectivity index (χ0) is 19.4. The number of carboxylic acid groups (broad SMARTS) is 1. The minimum atomic E-state index is -4.02. The molecule has 8 heteroatoms. The molecule has 0 fully saturated rings. The number of nitrogens with one attached hydrogen (secondary N) is 1. The number of hydrogen-bond acceptors (Lipinski definition) is 5. The number of sulfonamides is 1. The van der Waals surface area contributed by atoms with E-state index >= 15 is 0 Å². The van der Waals surface area contributed by atoms with Crippen molar-refractivity contribution in [2.24, 2.45) is 0 Å². The fourth-order valence-corrected chi connectivity index (χ4v) is 4.40. The van der Waals surface area contributed by atoms with Crippen LogP contribution in [0.1, 0.15) is 25.7 Å². The number of thiophene rings is 1. The minimum Gasteiger partial charge on any atom is -0.477 e. The number of hydrogen-bond donors (Lipinski definition) is 2. The first-order valence-electron chi connectivity index (χ1n) is 7.75. The van der Waals surface area contributed by atoms with E-state index in [1.165, 1.54) is 12.3 Å². The van der Waals surface area contributed by atoms with E-state index in [0.29, 0.717) is 10.4 Å². The van der Waals surface area contributed by atoms with Crippen LogP contribution in [-0.4, -0.2) is 24.5 Å². The van der Waals surface area contributed by atoms with Crippen molar-refractivity contribution in [2.45, 2.75) is 11.9 Å². The first kappa shape index (κ1) is 18.6. The first-order valence-corrected chi connectivity index (χ1v) is 10.1. The molecule has 2 aromatic heterocycles. The van der Waals surface area contributed by atoms with E-state index in [1.807, 2.05) is 30.3 Å². The van der Waals surface area contributed by atoms with Crippen molar-refractivity contribution in [3.05, 3.63) is 75.6 Å². The van der Waals surface area contributed by atoms with Crippen molar-refractivity contribution >= 4 is 33.0 Å². The second-order valence-corrected chi connectivity index (χ2v) is 8.16. The third kappa shape index (κ3) is 4.34. The van der Waals surface area contributed by atoms with E-state index in [9.17, 15) is 18.3 Å². The van der Waals surface area contributed by atoms with Crippen LogP contribution >= 0.6 is 11.3 Å². The molecule has 0 saturated carbocycles. The Balaban J connectivity index is 1.96. The Morgan fingerprint density at radius 2 is 1.89 bits per heavy atom. The molecule has 0 bridgehead atoms. The number of carboxylic acids is 1. The second-order valence-electron chi connectivity index (χ2n) is 5.51. The summed E-state index contributed by atoms with van der Waals surface area (Å²) in [6, 6.07) is 13.9. The fourth-order valence-electron chi connectivity index (χ4n) is 2.29. The summed E-state index contributed by atoms with van der Waals surface area (Å²) in [7, 11) is -4.02. The summed E-state index contributed by atoms with van der Waals surface area (Å²) >= 11 is 0.906. The molecule has 3 aromatic rings. The third-order valence-corrected chi connectivity index (χ3v) is 5.95. The zero-order valence-corrected chi connectivity index (χ0v) is 15.8. The number of carbonyl (C=O) groups is 1. The lowest BCUT2D eigenvalue weighted by molar-refractivity contribution is 0.0703. The number of aromatic carboxylic acids is 1. The van der Waals surface area contributed by atoms with E-state index in [4.69, 9.17) is 0 Å². The van der Waals surface area contributed by atoms with Crippen LogP contribution < -0.4 is 4.72 Å². The van der Waals surface area contributed by atoms with Crippen LogP contribution in [0, 0.1) is 18.8 Å². The molecule has 3 rings (SSSR count). The molecule has 0 saturated heterocycles. The van der Waals surface area contributed by atoms with Crippen molar-refractivity contribution in [2.75, 3.05) is 4.72 Å². The van der Waals surface area contributed by atoms with Gasteiger partial charge in [-0.1, -0.05) is 36.1 Å². The first-order chi connectivity index (χ1) is 12.9. The van der Waals surface area contributed by atoms with Crippen molar-refractivity contribution in [3.8, 4) is 11.8 Å². The van der Waals surface area contributed by atoms with Crippen molar-refractivity contribution in [3.63, 3.8) is 0 Å².